The molecule has 5 rings (SSSR count). The van der Waals surface area contributed by atoms with Crippen LogP contribution in [0.5, 0.6) is 0 Å². The smallest absolute Gasteiger partial charge is 0.172 e. The molecule has 5 nitrogen and oxygen atoms in total. The summed E-state index contributed by atoms with van der Waals surface area (Å²) in [6.45, 7) is 3.87. The normalized spacial score (nSPS) is 17.8. The highest BCUT2D eigenvalue weighted by atomic mass is 35.5. The van der Waals surface area contributed by atoms with Crippen LogP contribution in [-0.2, 0) is 45.4 Å². The maximum atomic E-state index is 6.70. The highest BCUT2D eigenvalue weighted by Crippen LogP contribution is 2.25. The summed E-state index contributed by atoms with van der Waals surface area (Å²) in [5, 5.41) is 2.31. The lowest BCUT2D eigenvalue weighted by molar-refractivity contribution is -0.718. The van der Waals surface area contributed by atoms with Crippen molar-refractivity contribution < 1.29 is 36.7 Å². The average Bonchev–Trinajstić information content (AvgIpc) is 3.34. The number of nitrogens with two attached hydrogens (primary N) is 1. The Kier molecular flexibility index (Phi) is 11.7. The molecule has 2 atom stereocenters. The van der Waals surface area contributed by atoms with Gasteiger partial charge >= 0.3 is 0 Å². The molecule has 6 heteroatoms. The Bertz CT molecular complexity index is 1180. The zero-order chi connectivity index (χ0) is 26.6. The van der Waals surface area contributed by atoms with Crippen molar-refractivity contribution in [1.29, 1.82) is 0 Å². The standard InChI is InChI=1S/C34H37NO4.ClH/c1-5-13-28(14-6-1)22-36-26-34(27-37-23-29-15-7-2-8-16-29)33(39-25-31-19-11-4-12-20-31)32(21-35-34)38-24-30-17-9-3-10-18-30;/h1-20,32-33,35H,21-27H2;1H/t32-,33-;/m0./s1. The van der Waals surface area contributed by atoms with Gasteiger partial charge in [-0.1, -0.05) is 121 Å². The Morgan fingerprint density at radius 2 is 0.900 bits per heavy atom. The molecule has 210 valence electrons. The van der Waals surface area contributed by atoms with Crippen LogP contribution in [0.3, 0.4) is 0 Å². The molecule has 0 aromatic heterocycles. The molecule has 1 aliphatic heterocycles. The molecule has 4 aromatic carbocycles. The zero-order valence-electron chi connectivity index (χ0n) is 22.7. The van der Waals surface area contributed by atoms with E-state index < -0.39 is 5.54 Å². The lowest BCUT2D eigenvalue weighted by Crippen LogP contribution is -3.00. The Hall–Kier alpha value is -3.03. The summed E-state index contributed by atoms with van der Waals surface area (Å²) < 4.78 is 25.9. The van der Waals surface area contributed by atoms with Crippen molar-refractivity contribution in [3.05, 3.63) is 144 Å². The first kappa shape index (κ1) is 29.9. The van der Waals surface area contributed by atoms with Crippen molar-refractivity contribution in [1.82, 2.24) is 0 Å². The first-order chi connectivity index (χ1) is 19.3. The van der Waals surface area contributed by atoms with E-state index in [1.54, 1.807) is 0 Å². The van der Waals surface area contributed by atoms with E-state index >= 15 is 0 Å². The molecule has 0 spiro atoms. The van der Waals surface area contributed by atoms with E-state index in [0.717, 1.165) is 28.8 Å². The maximum Gasteiger partial charge on any atom is 0.172 e. The molecule has 2 N–H and O–H groups in total. The second-order valence-electron chi connectivity index (χ2n) is 10.2. The summed E-state index contributed by atoms with van der Waals surface area (Å²) >= 11 is 0. The Labute approximate surface area is 243 Å². The summed E-state index contributed by atoms with van der Waals surface area (Å²) in [5.41, 5.74) is 4.14. The minimum atomic E-state index is -0.445. The van der Waals surface area contributed by atoms with E-state index in [4.69, 9.17) is 18.9 Å². The van der Waals surface area contributed by atoms with E-state index in [9.17, 15) is 0 Å². The van der Waals surface area contributed by atoms with Crippen molar-refractivity contribution >= 4 is 0 Å². The minimum Gasteiger partial charge on any atom is -1.00 e. The third-order valence-corrected chi connectivity index (χ3v) is 7.20. The lowest BCUT2D eigenvalue weighted by atomic mass is 9.94. The number of hydrogen-bond acceptors (Lipinski definition) is 4. The monoisotopic (exact) mass is 559 g/mol. The molecule has 1 heterocycles. The third-order valence-electron chi connectivity index (χ3n) is 7.20. The van der Waals surface area contributed by atoms with Crippen LogP contribution in [0.2, 0.25) is 0 Å². The van der Waals surface area contributed by atoms with Gasteiger partial charge in [-0.3, -0.25) is 0 Å². The van der Waals surface area contributed by atoms with Crippen LogP contribution in [0, 0.1) is 0 Å². The van der Waals surface area contributed by atoms with Gasteiger partial charge in [-0.25, -0.2) is 0 Å². The van der Waals surface area contributed by atoms with Gasteiger partial charge in [0, 0.05) is 0 Å². The first-order valence-corrected chi connectivity index (χ1v) is 13.7. The topological polar surface area (TPSA) is 53.5 Å². The summed E-state index contributed by atoms with van der Waals surface area (Å²) in [7, 11) is 0. The van der Waals surface area contributed by atoms with Crippen molar-refractivity contribution in [3.8, 4) is 0 Å². The van der Waals surface area contributed by atoms with Crippen molar-refractivity contribution in [3.63, 3.8) is 0 Å². The third kappa shape index (κ3) is 8.48. The molecule has 0 unspecified atom stereocenters. The van der Waals surface area contributed by atoms with Gasteiger partial charge in [0.1, 0.15) is 32.0 Å². The van der Waals surface area contributed by atoms with E-state index in [2.05, 4.69) is 53.8 Å². The quantitative estimate of drug-likeness (QED) is 0.256. The Balaban J connectivity index is 0.00000370. The molecular formula is C34H38ClNO4. The second-order valence-corrected chi connectivity index (χ2v) is 10.2. The fourth-order valence-corrected chi connectivity index (χ4v) is 5.12. The highest BCUT2D eigenvalue weighted by molar-refractivity contribution is 5.16. The molecule has 1 fully saturated rings. The number of hydrogen-bond donors (Lipinski definition) is 1. The van der Waals surface area contributed by atoms with Gasteiger partial charge in [0.05, 0.1) is 26.4 Å². The molecule has 1 aliphatic rings. The van der Waals surface area contributed by atoms with Crippen LogP contribution in [0.25, 0.3) is 0 Å². The van der Waals surface area contributed by atoms with Gasteiger partial charge < -0.3 is 36.7 Å². The molecule has 40 heavy (non-hydrogen) atoms. The highest BCUT2D eigenvalue weighted by Gasteiger charge is 2.55. The van der Waals surface area contributed by atoms with Crippen LogP contribution in [0.15, 0.2) is 121 Å². The van der Waals surface area contributed by atoms with Crippen LogP contribution in [0.4, 0.5) is 0 Å². The number of quaternary nitrogens is 1. The van der Waals surface area contributed by atoms with Gasteiger partial charge in [-0.15, -0.1) is 0 Å². The molecule has 0 aliphatic carbocycles. The minimum absolute atomic E-state index is 0. The summed E-state index contributed by atoms with van der Waals surface area (Å²) in [6, 6.07) is 41.2. The van der Waals surface area contributed by atoms with E-state index in [0.29, 0.717) is 39.6 Å². The summed E-state index contributed by atoms with van der Waals surface area (Å²) in [4.78, 5) is 0. The Morgan fingerprint density at radius 3 is 1.32 bits per heavy atom. The molecule has 0 amide bonds. The van der Waals surface area contributed by atoms with E-state index in [-0.39, 0.29) is 24.6 Å². The Morgan fingerprint density at radius 1 is 0.525 bits per heavy atom. The largest absolute Gasteiger partial charge is 1.00 e. The van der Waals surface area contributed by atoms with Gasteiger partial charge in [0.25, 0.3) is 0 Å². The number of rotatable bonds is 14. The SMILES string of the molecule is [Cl-].c1ccc(COCC2(COCc3ccccc3)[NH2+]C[C@H](OCc3ccccc3)[C@@H]2OCc2ccccc2)cc1. The zero-order valence-corrected chi connectivity index (χ0v) is 23.5. The van der Waals surface area contributed by atoms with Crippen LogP contribution in [0.1, 0.15) is 22.3 Å². The molecule has 1 saturated heterocycles. The molecule has 4 aromatic rings. The van der Waals surface area contributed by atoms with Gasteiger partial charge in [0.15, 0.2) is 5.54 Å². The first-order valence-electron chi connectivity index (χ1n) is 13.7. The van der Waals surface area contributed by atoms with Crippen molar-refractivity contribution in [2.45, 2.75) is 44.2 Å². The fourth-order valence-electron chi connectivity index (χ4n) is 5.12. The van der Waals surface area contributed by atoms with Crippen molar-refractivity contribution in [2.75, 3.05) is 19.8 Å². The second kappa shape index (κ2) is 15.7. The number of benzene rings is 4. The van der Waals surface area contributed by atoms with Crippen molar-refractivity contribution in [2.24, 2.45) is 0 Å². The molecular weight excluding hydrogens is 522 g/mol. The molecule has 0 radical (unpaired) electrons. The van der Waals surface area contributed by atoms with Crippen LogP contribution in [-0.4, -0.2) is 37.5 Å². The van der Waals surface area contributed by atoms with Gasteiger partial charge in [-0.2, -0.15) is 0 Å². The predicted octanol–water partition coefficient (Wildman–Crippen LogP) is 1.91. The number of ether oxygens (including phenoxy) is 4. The summed E-state index contributed by atoms with van der Waals surface area (Å²) in [6.07, 6.45) is -0.317. The molecule has 0 bridgehead atoms. The predicted molar refractivity (Wildman–Crippen MR) is 152 cm³/mol. The van der Waals surface area contributed by atoms with Crippen LogP contribution >= 0.6 is 0 Å². The summed E-state index contributed by atoms with van der Waals surface area (Å²) in [5.74, 6) is 0. The fraction of sp³-hybridized carbons (Fsp3) is 0.294. The maximum absolute atomic E-state index is 6.70. The number of halogens is 1. The van der Waals surface area contributed by atoms with E-state index in [1.165, 1.54) is 0 Å². The van der Waals surface area contributed by atoms with E-state index in [1.807, 2.05) is 72.8 Å². The van der Waals surface area contributed by atoms with Crippen LogP contribution < -0.4 is 17.7 Å². The molecule has 0 saturated carbocycles. The lowest BCUT2D eigenvalue weighted by Gasteiger charge is -2.33. The van der Waals surface area contributed by atoms with Gasteiger partial charge in [0.2, 0.25) is 0 Å². The average molecular weight is 560 g/mol. The van der Waals surface area contributed by atoms with Gasteiger partial charge in [-0.05, 0) is 22.3 Å².